The molecule has 0 spiro atoms. The lowest BCUT2D eigenvalue weighted by Gasteiger charge is -2.09. The number of aromatic amines is 1. The van der Waals surface area contributed by atoms with E-state index in [1.54, 1.807) is 12.1 Å². The van der Waals surface area contributed by atoms with E-state index in [0.717, 1.165) is 31.5 Å². The van der Waals surface area contributed by atoms with Crippen molar-refractivity contribution in [3.63, 3.8) is 0 Å². The summed E-state index contributed by atoms with van der Waals surface area (Å²) in [6.45, 7) is 2.67. The standard InChI is InChI=1S/C18H21N3O2.ClH/c22-17(20-11-9-13-8-10-19-12-13)15-6-7-16(21-18(15)23)14-4-2-1-3-5-14;/h1-7,13,19H,8-12H2,(H,20,22)(H,21,23);1H. The van der Waals surface area contributed by atoms with E-state index in [4.69, 9.17) is 0 Å². The first kappa shape index (κ1) is 18.2. The van der Waals surface area contributed by atoms with E-state index < -0.39 is 0 Å². The maximum Gasteiger partial charge on any atom is 0.261 e. The van der Waals surface area contributed by atoms with Gasteiger partial charge in [-0.2, -0.15) is 0 Å². The summed E-state index contributed by atoms with van der Waals surface area (Å²) in [6.07, 6.45) is 2.10. The average molecular weight is 348 g/mol. The zero-order valence-corrected chi connectivity index (χ0v) is 14.2. The number of benzene rings is 1. The van der Waals surface area contributed by atoms with Crippen LogP contribution >= 0.6 is 12.4 Å². The summed E-state index contributed by atoms with van der Waals surface area (Å²) in [5.41, 5.74) is 1.44. The van der Waals surface area contributed by atoms with E-state index in [1.165, 1.54) is 0 Å². The van der Waals surface area contributed by atoms with Gasteiger partial charge < -0.3 is 15.6 Å². The summed E-state index contributed by atoms with van der Waals surface area (Å²) >= 11 is 0. The molecule has 5 nitrogen and oxygen atoms in total. The summed E-state index contributed by atoms with van der Waals surface area (Å²) in [4.78, 5) is 27.1. The van der Waals surface area contributed by atoms with Gasteiger partial charge in [0, 0.05) is 12.2 Å². The van der Waals surface area contributed by atoms with Crippen molar-refractivity contribution in [2.24, 2.45) is 5.92 Å². The second kappa shape index (κ2) is 8.66. The fourth-order valence-electron chi connectivity index (χ4n) is 2.88. The highest BCUT2D eigenvalue weighted by atomic mass is 35.5. The van der Waals surface area contributed by atoms with Gasteiger partial charge in [0.15, 0.2) is 0 Å². The van der Waals surface area contributed by atoms with Crippen molar-refractivity contribution in [2.75, 3.05) is 19.6 Å². The first-order chi connectivity index (χ1) is 11.2. The third-order valence-corrected chi connectivity index (χ3v) is 4.24. The van der Waals surface area contributed by atoms with Crippen molar-refractivity contribution in [1.29, 1.82) is 0 Å². The summed E-state index contributed by atoms with van der Waals surface area (Å²) < 4.78 is 0. The average Bonchev–Trinajstić information content (AvgIpc) is 3.09. The molecule has 1 unspecified atom stereocenters. The molecule has 6 heteroatoms. The molecule has 1 amide bonds. The lowest BCUT2D eigenvalue weighted by molar-refractivity contribution is 0.0950. The number of carbonyl (C=O) groups excluding carboxylic acids is 1. The molecular formula is C18H22ClN3O2. The highest BCUT2D eigenvalue weighted by Crippen LogP contribution is 2.14. The van der Waals surface area contributed by atoms with Gasteiger partial charge in [-0.25, -0.2) is 0 Å². The van der Waals surface area contributed by atoms with Crippen molar-refractivity contribution in [2.45, 2.75) is 12.8 Å². The highest BCUT2D eigenvalue weighted by molar-refractivity contribution is 5.94. The van der Waals surface area contributed by atoms with Crippen molar-refractivity contribution in [1.82, 2.24) is 15.6 Å². The lowest BCUT2D eigenvalue weighted by atomic mass is 10.1. The number of hydrogen-bond donors (Lipinski definition) is 3. The molecule has 1 aliphatic rings. The summed E-state index contributed by atoms with van der Waals surface area (Å²) in [6, 6.07) is 12.9. The monoisotopic (exact) mass is 347 g/mol. The molecule has 0 aliphatic carbocycles. The fourth-order valence-corrected chi connectivity index (χ4v) is 2.88. The Balaban J connectivity index is 0.00000208. The molecule has 0 radical (unpaired) electrons. The van der Waals surface area contributed by atoms with Crippen LogP contribution in [0.4, 0.5) is 0 Å². The maximum absolute atomic E-state index is 12.1. The molecule has 0 saturated carbocycles. The topological polar surface area (TPSA) is 74.0 Å². The Morgan fingerprint density at radius 1 is 1.17 bits per heavy atom. The van der Waals surface area contributed by atoms with Gasteiger partial charge in [0.1, 0.15) is 5.56 Å². The molecule has 0 bridgehead atoms. The van der Waals surface area contributed by atoms with Gasteiger partial charge >= 0.3 is 0 Å². The lowest BCUT2D eigenvalue weighted by Crippen LogP contribution is -2.31. The number of hydrogen-bond acceptors (Lipinski definition) is 3. The quantitative estimate of drug-likeness (QED) is 0.776. The molecule has 1 fully saturated rings. The van der Waals surface area contributed by atoms with E-state index in [1.807, 2.05) is 30.3 Å². The Labute approximate surface area is 147 Å². The van der Waals surface area contributed by atoms with Gasteiger partial charge in [0.2, 0.25) is 0 Å². The van der Waals surface area contributed by atoms with Gasteiger partial charge in [-0.1, -0.05) is 30.3 Å². The molecule has 24 heavy (non-hydrogen) atoms. The Bertz CT molecular complexity index is 725. The number of pyridine rings is 1. The maximum atomic E-state index is 12.1. The molecular weight excluding hydrogens is 326 g/mol. The number of amides is 1. The van der Waals surface area contributed by atoms with Crippen LogP contribution in [-0.2, 0) is 0 Å². The second-order valence-corrected chi connectivity index (χ2v) is 5.88. The molecule has 1 atom stereocenters. The number of carbonyl (C=O) groups is 1. The number of rotatable bonds is 5. The van der Waals surface area contributed by atoms with Crippen LogP contribution in [0.5, 0.6) is 0 Å². The van der Waals surface area contributed by atoms with Gasteiger partial charge in [-0.15, -0.1) is 12.4 Å². The van der Waals surface area contributed by atoms with E-state index in [-0.39, 0.29) is 29.4 Å². The van der Waals surface area contributed by atoms with E-state index in [9.17, 15) is 9.59 Å². The minimum Gasteiger partial charge on any atom is -0.352 e. The molecule has 1 saturated heterocycles. The van der Waals surface area contributed by atoms with E-state index in [0.29, 0.717) is 18.2 Å². The molecule has 1 aromatic heterocycles. The van der Waals surface area contributed by atoms with Crippen molar-refractivity contribution in [3.05, 3.63) is 58.4 Å². The molecule has 2 aromatic rings. The van der Waals surface area contributed by atoms with Crippen LogP contribution in [0, 0.1) is 5.92 Å². The number of H-pyrrole nitrogens is 1. The predicted octanol–water partition coefficient (Wildman–Crippen LogP) is 2.19. The second-order valence-electron chi connectivity index (χ2n) is 5.88. The Morgan fingerprint density at radius 3 is 2.62 bits per heavy atom. The molecule has 128 valence electrons. The van der Waals surface area contributed by atoms with Crippen LogP contribution in [0.25, 0.3) is 11.3 Å². The molecule has 3 rings (SSSR count). The Hall–Kier alpha value is -2.11. The van der Waals surface area contributed by atoms with Crippen LogP contribution < -0.4 is 16.2 Å². The van der Waals surface area contributed by atoms with Crippen LogP contribution in [0.3, 0.4) is 0 Å². The van der Waals surface area contributed by atoms with Crippen LogP contribution in [0.2, 0.25) is 0 Å². The predicted molar refractivity (Wildman–Crippen MR) is 97.7 cm³/mol. The molecule has 2 heterocycles. The third kappa shape index (κ3) is 4.46. The summed E-state index contributed by atoms with van der Waals surface area (Å²) in [5, 5.41) is 6.14. The molecule has 1 aromatic carbocycles. The molecule has 3 N–H and O–H groups in total. The zero-order valence-electron chi connectivity index (χ0n) is 13.4. The van der Waals surface area contributed by atoms with E-state index in [2.05, 4.69) is 15.6 Å². The summed E-state index contributed by atoms with van der Waals surface area (Å²) in [7, 11) is 0. The Kier molecular flexibility index (Phi) is 6.58. The van der Waals surface area contributed by atoms with Crippen LogP contribution in [0.1, 0.15) is 23.2 Å². The van der Waals surface area contributed by atoms with Gasteiger partial charge in [-0.3, -0.25) is 9.59 Å². The van der Waals surface area contributed by atoms with Gasteiger partial charge in [-0.05, 0) is 49.5 Å². The number of halogens is 1. The normalized spacial score (nSPS) is 16.4. The number of aromatic nitrogens is 1. The zero-order chi connectivity index (χ0) is 16.1. The highest BCUT2D eigenvalue weighted by Gasteiger charge is 2.15. The summed E-state index contributed by atoms with van der Waals surface area (Å²) in [5.74, 6) is 0.311. The largest absolute Gasteiger partial charge is 0.352 e. The first-order valence-corrected chi connectivity index (χ1v) is 8.02. The minimum atomic E-state index is -0.355. The third-order valence-electron chi connectivity index (χ3n) is 4.24. The van der Waals surface area contributed by atoms with Crippen molar-refractivity contribution in [3.8, 4) is 11.3 Å². The first-order valence-electron chi connectivity index (χ1n) is 8.02. The fraction of sp³-hybridized carbons (Fsp3) is 0.333. The molecule has 1 aliphatic heterocycles. The Morgan fingerprint density at radius 2 is 1.96 bits per heavy atom. The van der Waals surface area contributed by atoms with Crippen LogP contribution in [-0.4, -0.2) is 30.5 Å². The van der Waals surface area contributed by atoms with Gasteiger partial charge in [0.25, 0.3) is 11.5 Å². The van der Waals surface area contributed by atoms with Crippen molar-refractivity contribution < 1.29 is 4.79 Å². The van der Waals surface area contributed by atoms with Crippen LogP contribution in [0.15, 0.2) is 47.3 Å². The van der Waals surface area contributed by atoms with E-state index >= 15 is 0 Å². The van der Waals surface area contributed by atoms with Crippen molar-refractivity contribution >= 4 is 18.3 Å². The number of nitrogens with one attached hydrogen (secondary N) is 3. The minimum absolute atomic E-state index is 0. The van der Waals surface area contributed by atoms with Gasteiger partial charge in [0.05, 0.1) is 0 Å². The SMILES string of the molecule is Cl.O=C(NCCC1CCNC1)c1ccc(-c2ccccc2)[nH]c1=O. The smallest absolute Gasteiger partial charge is 0.261 e.